The number of sulfonamides is 1. The smallest absolute Gasteiger partial charge is 0.243 e. The Morgan fingerprint density at radius 2 is 1.94 bits per heavy atom. The average molecular weight is 505 g/mol. The van der Waals surface area contributed by atoms with Crippen molar-refractivity contribution in [3.63, 3.8) is 0 Å². The predicted octanol–water partition coefficient (Wildman–Crippen LogP) is 4.58. The van der Waals surface area contributed by atoms with Gasteiger partial charge in [-0.2, -0.15) is 16.1 Å². The van der Waals surface area contributed by atoms with E-state index in [0.29, 0.717) is 47.5 Å². The van der Waals surface area contributed by atoms with Crippen molar-refractivity contribution < 1.29 is 17.6 Å². The number of carbonyl (C=O) groups is 1. The lowest BCUT2D eigenvalue weighted by Gasteiger charge is -2.31. The van der Waals surface area contributed by atoms with E-state index < -0.39 is 21.8 Å². The highest BCUT2D eigenvalue weighted by Gasteiger charge is 2.33. The van der Waals surface area contributed by atoms with E-state index >= 15 is 0 Å². The highest BCUT2D eigenvalue weighted by Crippen LogP contribution is 2.25. The molecule has 0 saturated carbocycles. The molecule has 0 aromatic heterocycles. The van der Waals surface area contributed by atoms with E-state index in [1.807, 2.05) is 6.07 Å². The summed E-state index contributed by atoms with van der Waals surface area (Å²) in [6.07, 6.45) is 1.23. The molecule has 1 amide bonds. The van der Waals surface area contributed by atoms with Gasteiger partial charge in [0.2, 0.25) is 15.9 Å². The van der Waals surface area contributed by atoms with Crippen molar-refractivity contribution >= 4 is 50.9 Å². The van der Waals surface area contributed by atoms with Gasteiger partial charge >= 0.3 is 0 Å². The van der Waals surface area contributed by atoms with Crippen LogP contribution in [-0.2, 0) is 20.6 Å². The first-order valence-corrected chi connectivity index (χ1v) is 13.2. The van der Waals surface area contributed by atoms with Gasteiger partial charge in [-0.15, -0.1) is 0 Å². The van der Waals surface area contributed by atoms with Crippen LogP contribution in [0.2, 0.25) is 10.0 Å². The Labute approximate surface area is 196 Å². The van der Waals surface area contributed by atoms with Crippen molar-refractivity contribution in [3.8, 4) is 0 Å². The molecule has 0 aliphatic carbocycles. The minimum Gasteiger partial charge on any atom is -0.355 e. The van der Waals surface area contributed by atoms with E-state index in [1.54, 1.807) is 23.9 Å². The maximum atomic E-state index is 13.1. The molecule has 1 fully saturated rings. The van der Waals surface area contributed by atoms with Crippen molar-refractivity contribution in [1.82, 2.24) is 9.62 Å². The number of thioether (sulfide) groups is 1. The van der Waals surface area contributed by atoms with Crippen LogP contribution in [0.3, 0.4) is 0 Å². The summed E-state index contributed by atoms with van der Waals surface area (Å²) in [6, 6.07) is 10.1. The fourth-order valence-corrected chi connectivity index (χ4v) is 6.28. The molecular formula is C21H23Cl2FN2O3S2. The van der Waals surface area contributed by atoms with Crippen LogP contribution in [0.25, 0.3) is 0 Å². The fourth-order valence-electron chi connectivity index (χ4n) is 3.34. The number of piperidine rings is 1. The largest absolute Gasteiger partial charge is 0.355 e. The molecule has 1 aliphatic heterocycles. The van der Waals surface area contributed by atoms with Gasteiger partial charge in [0, 0.05) is 41.2 Å². The Morgan fingerprint density at radius 3 is 2.65 bits per heavy atom. The zero-order valence-electron chi connectivity index (χ0n) is 16.7. The Kier molecular flexibility index (Phi) is 8.64. The second-order valence-electron chi connectivity index (χ2n) is 7.24. The molecule has 1 heterocycles. The van der Waals surface area contributed by atoms with Crippen molar-refractivity contribution in [2.45, 2.75) is 23.5 Å². The van der Waals surface area contributed by atoms with Crippen LogP contribution in [-0.4, -0.2) is 44.0 Å². The quantitative estimate of drug-likeness (QED) is 0.534. The number of rotatable bonds is 8. The molecule has 31 heavy (non-hydrogen) atoms. The lowest BCUT2D eigenvalue weighted by atomic mass is 9.99. The molecule has 3 rings (SSSR count). The molecule has 0 radical (unpaired) electrons. The van der Waals surface area contributed by atoms with Crippen molar-refractivity contribution in [2.75, 3.05) is 25.4 Å². The first kappa shape index (κ1) is 24.3. The zero-order valence-corrected chi connectivity index (χ0v) is 19.8. The molecule has 10 heteroatoms. The number of nitrogens with zero attached hydrogens (tertiary/aromatic N) is 1. The van der Waals surface area contributed by atoms with Crippen LogP contribution < -0.4 is 5.32 Å². The molecule has 1 atom stereocenters. The summed E-state index contributed by atoms with van der Waals surface area (Å²) in [4.78, 5) is 12.6. The number of benzene rings is 2. The van der Waals surface area contributed by atoms with Gasteiger partial charge in [0.1, 0.15) is 5.82 Å². The summed E-state index contributed by atoms with van der Waals surface area (Å²) >= 11 is 13.7. The van der Waals surface area contributed by atoms with Crippen molar-refractivity contribution in [3.05, 3.63) is 63.9 Å². The number of hydrogen-bond acceptors (Lipinski definition) is 4. The second-order valence-corrected chi connectivity index (χ2v) is 11.1. The molecular weight excluding hydrogens is 482 g/mol. The van der Waals surface area contributed by atoms with E-state index in [-0.39, 0.29) is 17.3 Å². The first-order chi connectivity index (χ1) is 14.8. The number of amides is 1. The standard InChI is InChI=1S/C21H23Cl2FN2O3S2/c22-17-4-3-16(20(23)12-17)14-30-11-9-25-21(27)15-2-1-10-26(13-15)31(28,29)19-7-5-18(24)6-8-19/h3-8,12,15H,1-2,9-11,13-14H2,(H,25,27)/t15-/m0/s1. The number of carbonyl (C=O) groups excluding carboxylic acids is 1. The van der Waals surface area contributed by atoms with Crippen LogP contribution in [0, 0.1) is 11.7 Å². The third-order valence-corrected chi connectivity index (χ3v) is 8.50. The topological polar surface area (TPSA) is 66.5 Å². The molecule has 1 N–H and O–H groups in total. The average Bonchev–Trinajstić information content (AvgIpc) is 2.75. The van der Waals surface area contributed by atoms with Gasteiger partial charge in [-0.25, -0.2) is 12.8 Å². The summed E-state index contributed by atoms with van der Waals surface area (Å²) in [6.45, 7) is 0.955. The number of nitrogens with one attached hydrogen (secondary N) is 1. The molecule has 0 bridgehead atoms. The van der Waals surface area contributed by atoms with Gasteiger partial charge in [-0.3, -0.25) is 4.79 Å². The lowest BCUT2D eigenvalue weighted by molar-refractivity contribution is -0.125. The van der Waals surface area contributed by atoms with Crippen LogP contribution in [0.4, 0.5) is 4.39 Å². The summed E-state index contributed by atoms with van der Waals surface area (Å²) in [5, 5.41) is 4.11. The van der Waals surface area contributed by atoms with Gasteiger partial charge in [0.25, 0.3) is 0 Å². The van der Waals surface area contributed by atoms with Gasteiger partial charge in [-0.1, -0.05) is 29.3 Å². The van der Waals surface area contributed by atoms with Crippen molar-refractivity contribution in [2.24, 2.45) is 5.92 Å². The first-order valence-electron chi connectivity index (χ1n) is 9.82. The van der Waals surface area contributed by atoms with Gasteiger partial charge < -0.3 is 5.32 Å². The van der Waals surface area contributed by atoms with Crippen molar-refractivity contribution in [1.29, 1.82) is 0 Å². The van der Waals surface area contributed by atoms with E-state index in [4.69, 9.17) is 23.2 Å². The third-order valence-electron chi connectivity index (χ3n) is 5.02. The van der Waals surface area contributed by atoms with E-state index in [0.717, 1.165) is 17.7 Å². The zero-order chi connectivity index (χ0) is 22.4. The highest BCUT2D eigenvalue weighted by atomic mass is 35.5. The summed E-state index contributed by atoms with van der Waals surface area (Å²) in [7, 11) is -3.75. The van der Waals surface area contributed by atoms with Gasteiger partial charge in [0.05, 0.1) is 10.8 Å². The minimum absolute atomic E-state index is 0.0345. The van der Waals surface area contributed by atoms with E-state index in [1.165, 1.54) is 16.4 Å². The molecule has 1 aliphatic rings. The van der Waals surface area contributed by atoms with Crippen LogP contribution >= 0.6 is 35.0 Å². The minimum atomic E-state index is -3.75. The maximum Gasteiger partial charge on any atom is 0.243 e. The third kappa shape index (κ3) is 6.58. The Morgan fingerprint density at radius 1 is 1.19 bits per heavy atom. The second kappa shape index (κ2) is 11.0. The van der Waals surface area contributed by atoms with Gasteiger partial charge in [0.15, 0.2) is 0 Å². The summed E-state index contributed by atoms with van der Waals surface area (Å²) < 4.78 is 40.0. The van der Waals surface area contributed by atoms with Crippen LogP contribution in [0.5, 0.6) is 0 Å². The highest BCUT2D eigenvalue weighted by molar-refractivity contribution is 7.98. The SMILES string of the molecule is O=C(NCCSCc1ccc(Cl)cc1Cl)[C@H]1CCCN(S(=O)(=O)c2ccc(F)cc2)C1. The fraction of sp³-hybridized carbons (Fsp3) is 0.381. The molecule has 1 saturated heterocycles. The Bertz CT molecular complexity index is 1020. The monoisotopic (exact) mass is 504 g/mol. The Balaban J connectivity index is 1.46. The molecule has 0 unspecified atom stereocenters. The molecule has 5 nitrogen and oxygen atoms in total. The summed E-state index contributed by atoms with van der Waals surface area (Å²) in [5.41, 5.74) is 0.983. The predicted molar refractivity (Wildman–Crippen MR) is 124 cm³/mol. The molecule has 2 aromatic carbocycles. The number of halogens is 3. The molecule has 2 aromatic rings. The molecule has 0 spiro atoms. The normalized spacial score (nSPS) is 17.5. The van der Waals surface area contributed by atoms with Crippen LogP contribution in [0.15, 0.2) is 47.4 Å². The van der Waals surface area contributed by atoms with Gasteiger partial charge in [-0.05, 0) is 54.8 Å². The van der Waals surface area contributed by atoms with Crippen LogP contribution in [0.1, 0.15) is 18.4 Å². The Hall–Kier alpha value is -1.32. The summed E-state index contributed by atoms with van der Waals surface area (Å²) in [5.74, 6) is 0.364. The molecule has 168 valence electrons. The number of hydrogen-bond donors (Lipinski definition) is 1. The maximum absolute atomic E-state index is 13.1. The lowest BCUT2D eigenvalue weighted by Crippen LogP contribution is -2.45. The van der Waals surface area contributed by atoms with E-state index in [9.17, 15) is 17.6 Å². The van der Waals surface area contributed by atoms with E-state index in [2.05, 4.69) is 5.32 Å².